The van der Waals surface area contributed by atoms with Crippen LogP contribution in [0.1, 0.15) is 12.6 Å². The molecule has 0 bridgehead atoms. The van der Waals surface area contributed by atoms with Crippen LogP contribution in [0.3, 0.4) is 0 Å². The van der Waals surface area contributed by atoms with E-state index in [-0.39, 0.29) is 6.79 Å². The Morgan fingerprint density at radius 1 is 1.03 bits per heavy atom. The van der Waals surface area contributed by atoms with Crippen molar-refractivity contribution in [1.82, 2.24) is 19.7 Å². The van der Waals surface area contributed by atoms with E-state index in [0.717, 1.165) is 56.6 Å². The molecule has 0 atom stereocenters. The first-order chi connectivity index (χ1) is 15.8. The van der Waals surface area contributed by atoms with E-state index in [2.05, 4.69) is 56.7 Å². The van der Waals surface area contributed by atoms with Crippen LogP contribution in [-0.2, 0) is 12.3 Å². The maximum Gasteiger partial charge on any atom is 0.231 e. The fourth-order valence-corrected chi connectivity index (χ4v) is 6.46. The Hall–Kier alpha value is -2.88. The third kappa shape index (κ3) is 3.46. The van der Waals surface area contributed by atoms with E-state index in [1.165, 1.54) is 10.1 Å². The fourth-order valence-electron chi connectivity index (χ4n) is 3.70. The Labute approximate surface area is 196 Å². The molecule has 5 aromatic rings. The molecule has 0 amide bonds. The number of nitrogens with zero attached hydrogens (tertiary/aromatic N) is 4. The smallest absolute Gasteiger partial charge is 0.231 e. The average Bonchev–Trinajstić information content (AvgIpc) is 3.62. The van der Waals surface area contributed by atoms with Crippen LogP contribution < -0.4 is 9.47 Å². The maximum absolute atomic E-state index is 5.49. The van der Waals surface area contributed by atoms with E-state index in [4.69, 9.17) is 14.5 Å². The molecule has 0 fully saturated rings. The van der Waals surface area contributed by atoms with Crippen molar-refractivity contribution in [2.24, 2.45) is 0 Å². The first-order valence-corrected chi connectivity index (χ1v) is 12.9. The minimum atomic E-state index is 0.278. The highest BCUT2D eigenvalue weighted by Gasteiger charge is 2.18. The molecular formula is C23H18N4O2S3. The maximum atomic E-state index is 5.49. The van der Waals surface area contributed by atoms with E-state index in [1.807, 2.05) is 18.2 Å². The van der Waals surface area contributed by atoms with Gasteiger partial charge in [0.1, 0.15) is 5.01 Å². The molecule has 0 radical (unpaired) electrons. The summed E-state index contributed by atoms with van der Waals surface area (Å²) in [6.45, 7) is 3.22. The first kappa shape index (κ1) is 19.8. The lowest BCUT2D eigenvalue weighted by Gasteiger charge is -2.06. The molecule has 2 aromatic carbocycles. The normalized spacial score (nSPS) is 12.7. The van der Waals surface area contributed by atoms with E-state index < -0.39 is 0 Å². The first-order valence-electron chi connectivity index (χ1n) is 10.2. The number of benzene rings is 2. The molecule has 9 heteroatoms. The van der Waals surface area contributed by atoms with Crippen LogP contribution in [0.2, 0.25) is 0 Å². The third-order valence-corrected chi connectivity index (χ3v) is 8.18. The van der Waals surface area contributed by atoms with Crippen LogP contribution in [-0.4, -0.2) is 26.5 Å². The second-order valence-electron chi connectivity index (χ2n) is 7.20. The standard InChI is InChI=1S/C23H18N4O2S3/c1-2-27-21(17-12-30-20-6-4-3-5-16(17)20)25-26-23(27)32-11-15-10-31-22(24-15)14-7-8-18-19(9-14)29-13-28-18/h3-10,12H,2,11,13H2,1H3. The van der Waals surface area contributed by atoms with Crippen molar-refractivity contribution in [3.63, 3.8) is 0 Å². The number of fused-ring (bicyclic) bond motifs is 2. The van der Waals surface area contributed by atoms with Crippen molar-refractivity contribution in [1.29, 1.82) is 0 Å². The van der Waals surface area contributed by atoms with Crippen LogP contribution >= 0.6 is 34.4 Å². The van der Waals surface area contributed by atoms with Gasteiger partial charge in [-0.25, -0.2) is 4.98 Å². The summed E-state index contributed by atoms with van der Waals surface area (Å²) in [5.41, 5.74) is 3.21. The van der Waals surface area contributed by atoms with Gasteiger partial charge in [-0.2, -0.15) is 0 Å². The van der Waals surface area contributed by atoms with E-state index in [1.54, 1.807) is 34.4 Å². The van der Waals surface area contributed by atoms with Crippen molar-refractivity contribution in [3.05, 3.63) is 58.9 Å². The molecule has 1 aliphatic rings. The van der Waals surface area contributed by atoms with Gasteiger partial charge in [0.2, 0.25) is 6.79 Å². The average molecular weight is 479 g/mol. The number of ether oxygens (including phenoxy) is 2. The second kappa shape index (κ2) is 8.23. The van der Waals surface area contributed by atoms with Gasteiger partial charge in [0.05, 0.1) is 5.69 Å². The van der Waals surface area contributed by atoms with Gasteiger partial charge in [0.15, 0.2) is 22.5 Å². The number of thiophene rings is 1. The summed E-state index contributed by atoms with van der Waals surface area (Å²) in [7, 11) is 0. The molecule has 0 saturated carbocycles. The Balaban J connectivity index is 1.22. The SMILES string of the molecule is CCn1c(SCc2csc(-c3ccc4c(c3)OCO4)n2)nnc1-c1csc2ccccc12. The Morgan fingerprint density at radius 2 is 1.94 bits per heavy atom. The topological polar surface area (TPSA) is 62.1 Å². The highest BCUT2D eigenvalue weighted by Crippen LogP contribution is 2.38. The van der Waals surface area contributed by atoms with Crippen molar-refractivity contribution in [3.8, 4) is 33.5 Å². The Morgan fingerprint density at radius 3 is 2.88 bits per heavy atom. The molecule has 32 heavy (non-hydrogen) atoms. The number of rotatable bonds is 6. The molecule has 0 saturated heterocycles. The van der Waals surface area contributed by atoms with Gasteiger partial charge in [-0.1, -0.05) is 30.0 Å². The molecule has 1 aliphatic heterocycles. The molecule has 6 nitrogen and oxygen atoms in total. The highest BCUT2D eigenvalue weighted by atomic mass is 32.2. The van der Waals surface area contributed by atoms with Gasteiger partial charge in [-0.05, 0) is 31.2 Å². The number of hydrogen-bond donors (Lipinski definition) is 0. The molecule has 4 heterocycles. The predicted octanol–water partition coefficient (Wildman–Crippen LogP) is 6.32. The van der Waals surface area contributed by atoms with Gasteiger partial charge in [-0.15, -0.1) is 32.9 Å². The lowest BCUT2D eigenvalue weighted by atomic mass is 10.1. The van der Waals surface area contributed by atoms with Gasteiger partial charge in [0.25, 0.3) is 0 Å². The molecule has 0 N–H and O–H groups in total. The zero-order chi connectivity index (χ0) is 21.5. The Kier molecular flexibility index (Phi) is 5.09. The quantitative estimate of drug-likeness (QED) is 0.266. The Bertz CT molecular complexity index is 1420. The predicted molar refractivity (Wildman–Crippen MR) is 130 cm³/mol. The van der Waals surface area contributed by atoms with Crippen LogP contribution in [0, 0.1) is 0 Å². The van der Waals surface area contributed by atoms with Crippen LogP contribution in [0.25, 0.3) is 32.0 Å². The van der Waals surface area contributed by atoms with Crippen LogP contribution in [0.4, 0.5) is 0 Å². The lowest BCUT2D eigenvalue weighted by Crippen LogP contribution is -1.99. The number of thioether (sulfide) groups is 1. The monoisotopic (exact) mass is 478 g/mol. The summed E-state index contributed by atoms with van der Waals surface area (Å²) >= 11 is 5.05. The lowest BCUT2D eigenvalue weighted by molar-refractivity contribution is 0.174. The van der Waals surface area contributed by atoms with Gasteiger partial charge < -0.3 is 14.0 Å². The molecule has 0 spiro atoms. The molecule has 0 unspecified atom stereocenters. The minimum Gasteiger partial charge on any atom is -0.454 e. The van der Waals surface area contributed by atoms with Gasteiger partial charge >= 0.3 is 0 Å². The van der Waals surface area contributed by atoms with Crippen molar-refractivity contribution < 1.29 is 9.47 Å². The zero-order valence-electron chi connectivity index (χ0n) is 17.1. The molecule has 6 rings (SSSR count). The summed E-state index contributed by atoms with van der Waals surface area (Å²) in [4.78, 5) is 4.82. The van der Waals surface area contributed by atoms with Crippen molar-refractivity contribution in [2.45, 2.75) is 24.4 Å². The summed E-state index contributed by atoms with van der Waals surface area (Å²) in [6, 6.07) is 14.4. The third-order valence-electron chi connectivity index (χ3n) is 5.28. The van der Waals surface area contributed by atoms with Crippen molar-refractivity contribution >= 4 is 44.5 Å². The summed E-state index contributed by atoms with van der Waals surface area (Å²) < 4.78 is 14.3. The van der Waals surface area contributed by atoms with Gasteiger partial charge in [-0.3, -0.25) is 0 Å². The fraction of sp³-hybridized carbons (Fsp3) is 0.174. The zero-order valence-corrected chi connectivity index (χ0v) is 19.6. The largest absolute Gasteiger partial charge is 0.454 e. The second-order valence-corrected chi connectivity index (χ2v) is 9.91. The van der Waals surface area contributed by atoms with E-state index >= 15 is 0 Å². The van der Waals surface area contributed by atoms with E-state index in [9.17, 15) is 0 Å². The molecular weight excluding hydrogens is 460 g/mol. The van der Waals surface area contributed by atoms with Gasteiger partial charge in [0, 0.05) is 44.3 Å². The number of thiazole rings is 1. The molecule has 3 aromatic heterocycles. The summed E-state index contributed by atoms with van der Waals surface area (Å²) in [5.74, 6) is 3.22. The summed E-state index contributed by atoms with van der Waals surface area (Å²) in [6.07, 6.45) is 0. The van der Waals surface area contributed by atoms with E-state index in [0.29, 0.717) is 0 Å². The number of aromatic nitrogens is 4. The minimum absolute atomic E-state index is 0.278. The number of hydrogen-bond acceptors (Lipinski definition) is 8. The van der Waals surface area contributed by atoms with Crippen LogP contribution in [0.5, 0.6) is 11.5 Å². The summed E-state index contributed by atoms with van der Waals surface area (Å²) in [5, 5.41) is 16.4. The highest BCUT2D eigenvalue weighted by molar-refractivity contribution is 7.98. The van der Waals surface area contributed by atoms with Crippen molar-refractivity contribution in [2.75, 3.05) is 6.79 Å². The van der Waals surface area contributed by atoms with Crippen LogP contribution in [0.15, 0.2) is 58.4 Å². The molecule has 160 valence electrons. The molecule has 0 aliphatic carbocycles.